The van der Waals surface area contributed by atoms with Gasteiger partial charge in [0.1, 0.15) is 0 Å². The van der Waals surface area contributed by atoms with Crippen molar-refractivity contribution in [3.05, 3.63) is 12.2 Å². The third-order valence-electron chi connectivity index (χ3n) is 1.36. The number of hydrazone groups is 1. The molecule has 1 aliphatic heterocycles. The van der Waals surface area contributed by atoms with E-state index in [4.69, 9.17) is 10.5 Å². The average molecular weight is 169 g/mol. The smallest absolute Gasteiger partial charge is 0.332 e. The molecule has 0 aliphatic carbocycles. The highest BCUT2D eigenvalue weighted by Gasteiger charge is 2.06. The van der Waals surface area contributed by atoms with Crippen LogP contribution in [0.1, 0.15) is 6.92 Å². The summed E-state index contributed by atoms with van der Waals surface area (Å²) in [6, 6.07) is -0.672. The Morgan fingerprint density at radius 3 is 3.17 bits per heavy atom. The van der Waals surface area contributed by atoms with Crippen LogP contribution >= 0.6 is 0 Å². The van der Waals surface area contributed by atoms with E-state index in [-0.39, 0.29) is 6.10 Å². The Kier molecular flexibility index (Phi) is 2.82. The Labute approximate surface area is 70.3 Å². The summed E-state index contributed by atoms with van der Waals surface area (Å²) in [5.74, 6) is 0. The Morgan fingerprint density at radius 1 is 1.92 bits per heavy atom. The molecule has 1 aliphatic rings. The summed E-state index contributed by atoms with van der Waals surface area (Å²) in [4.78, 5) is 10.2. The van der Waals surface area contributed by atoms with E-state index in [2.05, 4.69) is 10.5 Å². The predicted octanol–water partition coefficient (Wildman–Crippen LogP) is -0.0144. The standard InChI is InChI=1S/C7H11N3O2/c1-5-2-3-6(4-12-5)9-10-7(8)11/h2-3,5H,4H2,1H3,(H3,8,10,11)/b9-6-. The summed E-state index contributed by atoms with van der Waals surface area (Å²) in [5, 5.41) is 3.70. The van der Waals surface area contributed by atoms with Crippen molar-refractivity contribution in [3.63, 3.8) is 0 Å². The van der Waals surface area contributed by atoms with Gasteiger partial charge in [0.05, 0.1) is 18.4 Å². The summed E-state index contributed by atoms with van der Waals surface area (Å²) in [6.07, 6.45) is 3.76. The van der Waals surface area contributed by atoms with Gasteiger partial charge in [0.2, 0.25) is 0 Å². The van der Waals surface area contributed by atoms with E-state index in [1.54, 1.807) is 6.08 Å². The van der Waals surface area contributed by atoms with Crippen molar-refractivity contribution in [2.75, 3.05) is 6.61 Å². The van der Waals surface area contributed by atoms with Crippen LogP contribution in [0, 0.1) is 0 Å². The number of carbonyl (C=O) groups is 1. The molecule has 1 heterocycles. The highest BCUT2D eigenvalue weighted by Crippen LogP contribution is 2.00. The molecule has 0 fully saturated rings. The zero-order chi connectivity index (χ0) is 8.97. The van der Waals surface area contributed by atoms with E-state index >= 15 is 0 Å². The molecule has 66 valence electrons. The van der Waals surface area contributed by atoms with Gasteiger partial charge in [0.15, 0.2) is 0 Å². The third-order valence-corrected chi connectivity index (χ3v) is 1.36. The first-order valence-electron chi connectivity index (χ1n) is 3.60. The van der Waals surface area contributed by atoms with Crippen molar-refractivity contribution in [2.24, 2.45) is 10.8 Å². The van der Waals surface area contributed by atoms with Gasteiger partial charge in [0.25, 0.3) is 0 Å². The van der Waals surface area contributed by atoms with Crippen molar-refractivity contribution < 1.29 is 9.53 Å². The van der Waals surface area contributed by atoms with Crippen LogP contribution in [0.25, 0.3) is 0 Å². The van der Waals surface area contributed by atoms with Gasteiger partial charge in [0, 0.05) is 0 Å². The molecule has 0 spiro atoms. The van der Waals surface area contributed by atoms with Crippen LogP contribution < -0.4 is 11.2 Å². The molecule has 3 N–H and O–H groups in total. The van der Waals surface area contributed by atoms with Crippen LogP contribution in [0.4, 0.5) is 4.79 Å². The van der Waals surface area contributed by atoms with Gasteiger partial charge >= 0.3 is 6.03 Å². The van der Waals surface area contributed by atoms with Crippen molar-refractivity contribution in [2.45, 2.75) is 13.0 Å². The summed E-state index contributed by atoms with van der Waals surface area (Å²) in [6.45, 7) is 2.33. The fourth-order valence-corrected chi connectivity index (χ4v) is 0.764. The van der Waals surface area contributed by atoms with Crippen LogP contribution in [0.3, 0.4) is 0 Å². The molecule has 0 saturated heterocycles. The molecule has 0 aromatic heterocycles. The number of ether oxygens (including phenoxy) is 1. The van der Waals surface area contributed by atoms with Crippen molar-refractivity contribution >= 4 is 11.7 Å². The second-order valence-electron chi connectivity index (χ2n) is 2.45. The fraction of sp³-hybridized carbons (Fsp3) is 0.429. The third kappa shape index (κ3) is 2.71. The number of nitrogens with zero attached hydrogens (tertiary/aromatic N) is 1. The number of hydrogen-bond acceptors (Lipinski definition) is 3. The molecule has 0 saturated carbocycles. The highest BCUT2D eigenvalue weighted by atomic mass is 16.5. The van der Waals surface area contributed by atoms with Crippen molar-refractivity contribution in [1.82, 2.24) is 5.43 Å². The Morgan fingerprint density at radius 2 is 2.67 bits per heavy atom. The number of primary amides is 1. The lowest BCUT2D eigenvalue weighted by molar-refractivity contribution is 0.127. The van der Waals surface area contributed by atoms with Crippen LogP contribution in [0.15, 0.2) is 17.3 Å². The minimum Gasteiger partial charge on any atom is -0.368 e. The van der Waals surface area contributed by atoms with Gasteiger partial charge in [-0.2, -0.15) is 5.10 Å². The predicted molar refractivity (Wildman–Crippen MR) is 44.7 cm³/mol. The first-order chi connectivity index (χ1) is 5.68. The lowest BCUT2D eigenvalue weighted by atomic mass is 10.2. The zero-order valence-corrected chi connectivity index (χ0v) is 6.78. The minimum atomic E-state index is -0.672. The molecule has 0 bridgehead atoms. The molecule has 0 aromatic rings. The number of nitrogens with two attached hydrogens (primary N) is 1. The average Bonchev–Trinajstić information content (AvgIpc) is 2.03. The lowest BCUT2D eigenvalue weighted by Crippen LogP contribution is -2.27. The van der Waals surface area contributed by atoms with E-state index in [1.807, 2.05) is 13.0 Å². The molecule has 5 heteroatoms. The quantitative estimate of drug-likeness (QED) is 0.541. The molecule has 2 amide bonds. The lowest BCUT2D eigenvalue weighted by Gasteiger charge is -2.13. The second kappa shape index (κ2) is 3.87. The Bertz CT molecular complexity index is 235. The van der Waals surface area contributed by atoms with Gasteiger partial charge in [-0.15, -0.1) is 0 Å². The molecule has 1 atom stereocenters. The molecule has 0 aromatic carbocycles. The van der Waals surface area contributed by atoms with Gasteiger partial charge in [-0.1, -0.05) is 6.08 Å². The van der Waals surface area contributed by atoms with Crippen LogP contribution in [-0.2, 0) is 4.74 Å². The zero-order valence-electron chi connectivity index (χ0n) is 6.78. The SMILES string of the molecule is CC1C=C/C(=N/NC(N)=O)CO1. The summed E-state index contributed by atoms with van der Waals surface area (Å²) < 4.78 is 5.21. The minimum absolute atomic E-state index is 0.109. The fourth-order valence-electron chi connectivity index (χ4n) is 0.764. The Hall–Kier alpha value is -1.36. The molecule has 1 unspecified atom stereocenters. The number of rotatable bonds is 1. The van der Waals surface area contributed by atoms with E-state index in [9.17, 15) is 4.79 Å². The maximum absolute atomic E-state index is 10.2. The topological polar surface area (TPSA) is 76.7 Å². The normalized spacial score (nSPS) is 25.8. The van der Waals surface area contributed by atoms with E-state index < -0.39 is 6.03 Å². The monoisotopic (exact) mass is 169 g/mol. The largest absolute Gasteiger partial charge is 0.368 e. The second-order valence-corrected chi connectivity index (χ2v) is 2.45. The van der Waals surface area contributed by atoms with Gasteiger partial charge in [-0.05, 0) is 13.0 Å². The Balaban J connectivity index is 2.48. The maximum Gasteiger partial charge on any atom is 0.332 e. The first kappa shape index (κ1) is 8.73. The number of nitrogens with one attached hydrogen (secondary N) is 1. The highest BCUT2D eigenvalue weighted by molar-refractivity contribution is 5.97. The number of amides is 2. The molecule has 0 radical (unpaired) electrons. The number of hydrogen-bond donors (Lipinski definition) is 2. The molecule has 12 heavy (non-hydrogen) atoms. The van der Waals surface area contributed by atoms with Crippen LogP contribution in [0.5, 0.6) is 0 Å². The van der Waals surface area contributed by atoms with Gasteiger partial charge < -0.3 is 10.5 Å². The number of carbonyl (C=O) groups excluding carboxylic acids is 1. The molecular formula is C7H11N3O2. The first-order valence-corrected chi connectivity index (χ1v) is 3.60. The van der Waals surface area contributed by atoms with Gasteiger partial charge in [-0.25, -0.2) is 10.2 Å². The maximum atomic E-state index is 10.2. The summed E-state index contributed by atoms with van der Waals surface area (Å²) in [5.41, 5.74) is 7.60. The molecule has 5 nitrogen and oxygen atoms in total. The van der Waals surface area contributed by atoms with Crippen molar-refractivity contribution in [3.8, 4) is 0 Å². The summed E-state index contributed by atoms with van der Waals surface area (Å²) >= 11 is 0. The molecule has 1 rings (SSSR count). The van der Waals surface area contributed by atoms with Crippen LogP contribution in [0.2, 0.25) is 0 Å². The van der Waals surface area contributed by atoms with Gasteiger partial charge in [-0.3, -0.25) is 0 Å². The van der Waals surface area contributed by atoms with E-state index in [0.717, 1.165) is 0 Å². The van der Waals surface area contributed by atoms with E-state index in [1.165, 1.54) is 0 Å². The molecular weight excluding hydrogens is 158 g/mol. The van der Waals surface area contributed by atoms with Crippen molar-refractivity contribution in [1.29, 1.82) is 0 Å². The van der Waals surface area contributed by atoms with Crippen LogP contribution in [-0.4, -0.2) is 24.5 Å². The number of urea groups is 1. The van der Waals surface area contributed by atoms with E-state index in [0.29, 0.717) is 12.3 Å². The summed E-state index contributed by atoms with van der Waals surface area (Å²) in [7, 11) is 0.